The Hall–Kier alpha value is -3.26. The first kappa shape index (κ1) is 20.5. The van der Waals surface area contributed by atoms with Crippen LogP contribution >= 0.6 is 0 Å². The summed E-state index contributed by atoms with van der Waals surface area (Å²) in [5.74, 6) is 0.774. The maximum atomic E-state index is 12.4. The summed E-state index contributed by atoms with van der Waals surface area (Å²) in [5, 5.41) is 5.73. The Morgan fingerprint density at radius 2 is 2.03 bits per heavy atom. The normalized spacial score (nSPS) is 14.5. The highest BCUT2D eigenvalue weighted by Gasteiger charge is 2.23. The number of benzene rings is 2. The summed E-state index contributed by atoms with van der Waals surface area (Å²) in [4.78, 5) is 27.7. The van der Waals surface area contributed by atoms with E-state index < -0.39 is 0 Å². The first-order chi connectivity index (χ1) is 14.0. The molecule has 1 saturated heterocycles. The average Bonchev–Trinajstić information content (AvgIpc) is 3.14. The molecule has 3 rings (SSSR count). The fraction of sp³-hybridized carbons (Fsp3) is 0.333. The van der Waals surface area contributed by atoms with Gasteiger partial charge in [0.2, 0.25) is 0 Å². The SMILES string of the molecule is COc1cccc(C(CNC(=O)Nc2cccc(N3CCOC3=O)c2)N(C)C)c1. The predicted molar refractivity (Wildman–Crippen MR) is 112 cm³/mol. The Morgan fingerprint density at radius 3 is 2.72 bits per heavy atom. The molecule has 29 heavy (non-hydrogen) atoms. The molecule has 0 spiro atoms. The molecule has 0 radical (unpaired) electrons. The second-order valence-electron chi connectivity index (χ2n) is 6.91. The quantitative estimate of drug-likeness (QED) is 0.749. The number of carbonyl (C=O) groups is 2. The van der Waals surface area contributed by atoms with E-state index in [0.717, 1.165) is 11.3 Å². The van der Waals surface area contributed by atoms with Crippen molar-refractivity contribution in [3.8, 4) is 5.75 Å². The van der Waals surface area contributed by atoms with Crippen molar-refractivity contribution < 1.29 is 19.1 Å². The molecule has 0 bridgehead atoms. The number of methoxy groups -OCH3 is 1. The number of nitrogens with zero attached hydrogens (tertiary/aromatic N) is 2. The van der Waals surface area contributed by atoms with Crippen LogP contribution in [0.5, 0.6) is 5.75 Å². The molecule has 2 aromatic rings. The molecule has 1 aliphatic heterocycles. The smallest absolute Gasteiger partial charge is 0.414 e. The number of hydrogen-bond acceptors (Lipinski definition) is 5. The first-order valence-corrected chi connectivity index (χ1v) is 9.37. The third-order valence-corrected chi connectivity index (χ3v) is 4.73. The maximum absolute atomic E-state index is 12.4. The van der Waals surface area contributed by atoms with E-state index in [0.29, 0.717) is 31.1 Å². The lowest BCUT2D eigenvalue weighted by atomic mass is 10.1. The zero-order chi connectivity index (χ0) is 20.8. The summed E-state index contributed by atoms with van der Waals surface area (Å²) in [5.41, 5.74) is 2.33. The summed E-state index contributed by atoms with van der Waals surface area (Å²) in [6.07, 6.45) is -0.376. The van der Waals surface area contributed by atoms with E-state index in [1.54, 1.807) is 31.4 Å². The molecule has 1 unspecified atom stereocenters. The number of anilines is 2. The van der Waals surface area contributed by atoms with Gasteiger partial charge in [-0.15, -0.1) is 0 Å². The summed E-state index contributed by atoms with van der Waals surface area (Å²) in [7, 11) is 5.55. The van der Waals surface area contributed by atoms with E-state index in [9.17, 15) is 9.59 Å². The third kappa shape index (κ3) is 5.17. The number of rotatable bonds is 7. The van der Waals surface area contributed by atoms with Gasteiger partial charge in [-0.1, -0.05) is 18.2 Å². The van der Waals surface area contributed by atoms with E-state index in [1.807, 2.05) is 43.3 Å². The van der Waals surface area contributed by atoms with E-state index >= 15 is 0 Å². The zero-order valence-electron chi connectivity index (χ0n) is 16.8. The van der Waals surface area contributed by atoms with Gasteiger partial charge in [0, 0.05) is 17.9 Å². The Kier molecular flexibility index (Phi) is 6.56. The fourth-order valence-corrected chi connectivity index (χ4v) is 3.19. The molecule has 8 heteroatoms. The average molecular weight is 398 g/mol. The van der Waals surface area contributed by atoms with E-state index in [-0.39, 0.29) is 18.2 Å². The summed E-state index contributed by atoms with van der Waals surface area (Å²) >= 11 is 0. The third-order valence-electron chi connectivity index (χ3n) is 4.73. The van der Waals surface area contributed by atoms with Gasteiger partial charge >= 0.3 is 12.1 Å². The molecule has 1 fully saturated rings. The van der Waals surface area contributed by atoms with Crippen LogP contribution in [0, 0.1) is 0 Å². The second kappa shape index (κ2) is 9.29. The van der Waals surface area contributed by atoms with Crippen molar-refractivity contribution in [1.29, 1.82) is 0 Å². The molecule has 154 valence electrons. The zero-order valence-corrected chi connectivity index (χ0v) is 16.8. The van der Waals surface area contributed by atoms with Crippen molar-refractivity contribution in [2.45, 2.75) is 6.04 Å². The molecule has 2 aromatic carbocycles. The highest BCUT2D eigenvalue weighted by atomic mass is 16.6. The molecule has 0 saturated carbocycles. The molecule has 3 amide bonds. The van der Waals surface area contributed by atoms with Crippen LogP contribution < -0.4 is 20.3 Å². The van der Waals surface area contributed by atoms with Crippen molar-refractivity contribution in [2.24, 2.45) is 0 Å². The molecule has 1 atom stereocenters. The van der Waals surface area contributed by atoms with Crippen LogP contribution in [-0.2, 0) is 4.74 Å². The summed E-state index contributed by atoms with van der Waals surface area (Å²) in [6, 6.07) is 14.6. The maximum Gasteiger partial charge on any atom is 0.414 e. The molecule has 8 nitrogen and oxygen atoms in total. The molecule has 0 aliphatic carbocycles. The molecule has 1 heterocycles. The topological polar surface area (TPSA) is 83.1 Å². The summed E-state index contributed by atoms with van der Waals surface area (Å²) in [6.45, 7) is 1.29. The minimum atomic E-state index is -0.376. The predicted octanol–water partition coefficient (Wildman–Crippen LogP) is 3.08. The van der Waals surface area contributed by atoms with Gasteiger partial charge in [0.15, 0.2) is 0 Å². The van der Waals surface area contributed by atoms with E-state index in [4.69, 9.17) is 9.47 Å². The van der Waals surface area contributed by atoms with Crippen molar-refractivity contribution in [2.75, 3.05) is 51.1 Å². The minimum Gasteiger partial charge on any atom is -0.497 e. The highest BCUT2D eigenvalue weighted by molar-refractivity contribution is 5.93. The largest absolute Gasteiger partial charge is 0.497 e. The van der Waals surface area contributed by atoms with Crippen LogP contribution in [0.3, 0.4) is 0 Å². The molecular weight excluding hydrogens is 372 g/mol. The van der Waals surface area contributed by atoms with Gasteiger partial charge in [0.05, 0.1) is 19.7 Å². The second-order valence-corrected chi connectivity index (χ2v) is 6.91. The van der Waals surface area contributed by atoms with Gasteiger partial charge in [-0.25, -0.2) is 9.59 Å². The Labute approximate surface area is 170 Å². The minimum absolute atomic E-state index is 0.0124. The lowest BCUT2D eigenvalue weighted by Crippen LogP contribution is -2.37. The van der Waals surface area contributed by atoms with Gasteiger partial charge in [-0.3, -0.25) is 4.90 Å². The number of urea groups is 1. The standard InChI is InChI=1S/C21H26N4O4/c1-24(2)19(15-6-4-9-18(12-15)28-3)14-22-20(26)23-16-7-5-8-17(13-16)25-10-11-29-21(25)27/h4-9,12-13,19H,10-11,14H2,1-3H3,(H2,22,23,26). The number of cyclic esters (lactones) is 1. The number of likely N-dealkylation sites (N-methyl/N-ethyl adjacent to an activating group) is 1. The van der Waals surface area contributed by atoms with Crippen molar-refractivity contribution in [3.05, 3.63) is 54.1 Å². The van der Waals surface area contributed by atoms with Crippen LogP contribution in [0.1, 0.15) is 11.6 Å². The van der Waals surface area contributed by atoms with Gasteiger partial charge in [0.1, 0.15) is 12.4 Å². The number of amides is 3. The number of hydrogen-bond donors (Lipinski definition) is 2. The fourth-order valence-electron chi connectivity index (χ4n) is 3.19. The van der Waals surface area contributed by atoms with Crippen molar-refractivity contribution in [1.82, 2.24) is 10.2 Å². The van der Waals surface area contributed by atoms with Crippen LogP contribution in [0.2, 0.25) is 0 Å². The lowest BCUT2D eigenvalue weighted by molar-refractivity contribution is 0.181. The van der Waals surface area contributed by atoms with Crippen LogP contribution in [0.25, 0.3) is 0 Å². The van der Waals surface area contributed by atoms with E-state index in [1.165, 1.54) is 4.90 Å². The van der Waals surface area contributed by atoms with Crippen LogP contribution in [0.15, 0.2) is 48.5 Å². The highest BCUT2D eigenvalue weighted by Crippen LogP contribution is 2.23. The van der Waals surface area contributed by atoms with Gasteiger partial charge in [0.25, 0.3) is 0 Å². The number of carbonyl (C=O) groups excluding carboxylic acids is 2. The molecule has 1 aliphatic rings. The van der Waals surface area contributed by atoms with Crippen molar-refractivity contribution >= 4 is 23.5 Å². The lowest BCUT2D eigenvalue weighted by Gasteiger charge is -2.25. The first-order valence-electron chi connectivity index (χ1n) is 9.37. The van der Waals surface area contributed by atoms with Gasteiger partial charge < -0.3 is 25.0 Å². The Balaban J connectivity index is 1.61. The molecular formula is C21H26N4O4. The molecule has 2 N–H and O–H groups in total. The summed E-state index contributed by atoms with van der Waals surface area (Å²) < 4.78 is 10.3. The molecule has 0 aromatic heterocycles. The number of nitrogens with one attached hydrogen (secondary N) is 2. The van der Waals surface area contributed by atoms with Crippen molar-refractivity contribution in [3.63, 3.8) is 0 Å². The number of ether oxygens (including phenoxy) is 2. The van der Waals surface area contributed by atoms with Crippen LogP contribution in [0.4, 0.5) is 21.0 Å². The Bertz CT molecular complexity index is 871. The van der Waals surface area contributed by atoms with Gasteiger partial charge in [-0.05, 0) is 50.0 Å². The van der Waals surface area contributed by atoms with E-state index in [2.05, 4.69) is 10.6 Å². The van der Waals surface area contributed by atoms with Gasteiger partial charge in [-0.2, -0.15) is 0 Å². The Morgan fingerprint density at radius 1 is 1.24 bits per heavy atom. The monoisotopic (exact) mass is 398 g/mol. The van der Waals surface area contributed by atoms with Crippen LogP contribution in [-0.4, -0.2) is 57.9 Å².